The standard InChI is InChI=1S/C21H20/c1-19-13-8-7-11-17-21(18-12-14-19)20-15-9-5-3-2-4-6-10-16-20/h2-18H,1H3. The van der Waals surface area contributed by atoms with Crippen molar-refractivity contribution in [1.82, 2.24) is 0 Å². The highest BCUT2D eigenvalue weighted by atomic mass is 13.9. The van der Waals surface area contributed by atoms with E-state index in [1.54, 1.807) is 0 Å². The normalized spacial score (nSPS) is 9.19. The maximum absolute atomic E-state index is 2.14. The Labute approximate surface area is 127 Å². The van der Waals surface area contributed by atoms with Crippen molar-refractivity contribution in [2.45, 2.75) is 6.92 Å². The summed E-state index contributed by atoms with van der Waals surface area (Å²) in [6.07, 6.45) is 0. The Morgan fingerprint density at radius 3 is 1.29 bits per heavy atom. The molecule has 0 saturated carbocycles. The minimum absolute atomic E-state index is 1.18. The molecule has 0 fully saturated rings. The van der Waals surface area contributed by atoms with Crippen LogP contribution < -0.4 is 0 Å². The molecule has 0 nitrogen and oxygen atoms in total. The molecule has 0 bridgehead atoms. The van der Waals surface area contributed by atoms with Crippen molar-refractivity contribution in [3.8, 4) is 11.1 Å². The van der Waals surface area contributed by atoms with E-state index in [4.69, 9.17) is 0 Å². The van der Waals surface area contributed by atoms with Crippen molar-refractivity contribution in [2.75, 3.05) is 0 Å². The number of hydrogen-bond acceptors (Lipinski definition) is 0. The molecule has 0 aliphatic rings. The van der Waals surface area contributed by atoms with E-state index in [9.17, 15) is 0 Å². The third-order valence-electron chi connectivity index (χ3n) is 3.04. The summed E-state index contributed by atoms with van der Waals surface area (Å²) in [5.41, 5.74) is 3.60. The van der Waals surface area contributed by atoms with E-state index in [2.05, 4.69) is 79.7 Å². The Hall–Kier alpha value is -2.60. The zero-order chi connectivity index (χ0) is 14.8. The second kappa shape index (κ2) is 8.55. The lowest BCUT2D eigenvalue weighted by Crippen LogP contribution is -1.71. The predicted octanol–water partition coefficient (Wildman–Crippen LogP) is 5.91. The van der Waals surface area contributed by atoms with Crippen molar-refractivity contribution in [3.63, 3.8) is 0 Å². The molecular formula is C21H20. The Morgan fingerprint density at radius 2 is 0.714 bits per heavy atom. The van der Waals surface area contributed by atoms with Crippen LogP contribution in [0, 0.1) is 6.92 Å². The van der Waals surface area contributed by atoms with E-state index in [-0.39, 0.29) is 0 Å². The highest BCUT2D eigenvalue weighted by Gasteiger charge is 1.90. The van der Waals surface area contributed by atoms with Gasteiger partial charge in [0.2, 0.25) is 0 Å². The highest BCUT2D eigenvalue weighted by molar-refractivity contribution is 5.61. The molecule has 2 rings (SSSR count). The topological polar surface area (TPSA) is 0 Å². The van der Waals surface area contributed by atoms with Gasteiger partial charge >= 0.3 is 0 Å². The first-order valence-electron chi connectivity index (χ1n) is 7.15. The van der Waals surface area contributed by atoms with Gasteiger partial charge in [-0.05, 0) is 18.1 Å². The van der Waals surface area contributed by atoms with Gasteiger partial charge in [0, 0.05) is 0 Å². The average molecular weight is 272 g/mol. The fraction of sp³-hybridized carbons (Fsp3) is 0.0476. The van der Waals surface area contributed by atoms with E-state index in [0.717, 1.165) is 0 Å². The van der Waals surface area contributed by atoms with Crippen molar-refractivity contribution in [1.29, 1.82) is 0 Å². The zero-order valence-corrected chi connectivity index (χ0v) is 12.3. The third-order valence-corrected chi connectivity index (χ3v) is 3.04. The molecule has 0 aliphatic heterocycles. The van der Waals surface area contributed by atoms with Crippen LogP contribution in [0.3, 0.4) is 0 Å². The molecule has 0 aliphatic carbocycles. The van der Waals surface area contributed by atoms with E-state index in [1.165, 1.54) is 16.7 Å². The summed E-state index contributed by atoms with van der Waals surface area (Å²) in [5, 5.41) is 0. The molecule has 0 unspecified atom stereocenters. The molecule has 104 valence electrons. The lowest BCUT2D eigenvalue weighted by molar-refractivity contribution is 1.49. The van der Waals surface area contributed by atoms with E-state index in [0.29, 0.717) is 0 Å². The molecule has 0 radical (unpaired) electrons. The van der Waals surface area contributed by atoms with Gasteiger partial charge in [0.1, 0.15) is 0 Å². The van der Waals surface area contributed by atoms with Gasteiger partial charge in [-0.3, -0.25) is 0 Å². The zero-order valence-electron chi connectivity index (χ0n) is 12.3. The van der Waals surface area contributed by atoms with Crippen LogP contribution >= 0.6 is 0 Å². The van der Waals surface area contributed by atoms with Crippen molar-refractivity contribution < 1.29 is 0 Å². The SMILES string of the molecule is Cc1cccccc(-c2ccccccccc2)ccc1. The monoisotopic (exact) mass is 272 g/mol. The van der Waals surface area contributed by atoms with Gasteiger partial charge in [-0.15, -0.1) is 0 Å². The number of aryl methyl sites for hydroxylation is 1. The van der Waals surface area contributed by atoms with Crippen LogP contribution in [0.25, 0.3) is 11.1 Å². The first-order chi connectivity index (χ1) is 10.4. The molecule has 0 atom stereocenters. The molecule has 0 saturated heterocycles. The summed E-state index contributed by atoms with van der Waals surface area (Å²) in [6.45, 7) is 2.10. The summed E-state index contributed by atoms with van der Waals surface area (Å²) in [4.78, 5) is 0. The van der Waals surface area contributed by atoms with Gasteiger partial charge in [-0.25, -0.2) is 0 Å². The average Bonchev–Trinajstić information content (AvgIpc) is 2.51. The van der Waals surface area contributed by atoms with Crippen molar-refractivity contribution in [3.05, 3.63) is 109 Å². The predicted molar refractivity (Wildman–Crippen MR) is 91.9 cm³/mol. The maximum Gasteiger partial charge on any atom is -0.0184 e. The molecule has 21 heavy (non-hydrogen) atoms. The summed E-state index contributed by atoms with van der Waals surface area (Å²) in [6, 6.07) is 35.3. The largest absolute Gasteiger partial charge is 0.0623 e. The van der Waals surface area contributed by atoms with Gasteiger partial charge < -0.3 is 0 Å². The van der Waals surface area contributed by atoms with Gasteiger partial charge in [-0.2, -0.15) is 0 Å². The van der Waals surface area contributed by atoms with Gasteiger partial charge in [0.25, 0.3) is 0 Å². The quantitative estimate of drug-likeness (QED) is 0.605. The van der Waals surface area contributed by atoms with Crippen LogP contribution in [-0.2, 0) is 0 Å². The summed E-state index contributed by atoms with van der Waals surface area (Å²) in [5.74, 6) is 0. The van der Waals surface area contributed by atoms with E-state index >= 15 is 0 Å². The van der Waals surface area contributed by atoms with Crippen molar-refractivity contribution in [2.24, 2.45) is 0 Å². The molecular weight excluding hydrogens is 252 g/mol. The van der Waals surface area contributed by atoms with E-state index < -0.39 is 0 Å². The second-order valence-corrected chi connectivity index (χ2v) is 4.77. The van der Waals surface area contributed by atoms with Crippen LogP contribution in [0.4, 0.5) is 0 Å². The molecule has 0 aromatic heterocycles. The first-order valence-corrected chi connectivity index (χ1v) is 7.15. The van der Waals surface area contributed by atoms with Crippen LogP contribution in [0.5, 0.6) is 0 Å². The Kier molecular flexibility index (Phi) is 6.02. The minimum atomic E-state index is 1.18. The number of hydrogen-bond donors (Lipinski definition) is 0. The minimum Gasteiger partial charge on any atom is -0.0623 e. The number of rotatable bonds is 1. The third kappa shape index (κ3) is 5.50. The van der Waals surface area contributed by atoms with E-state index in [1.807, 2.05) is 30.3 Å². The highest BCUT2D eigenvalue weighted by Crippen LogP contribution is 2.15. The van der Waals surface area contributed by atoms with Gasteiger partial charge in [0.15, 0.2) is 0 Å². The van der Waals surface area contributed by atoms with Crippen molar-refractivity contribution >= 4 is 0 Å². The van der Waals surface area contributed by atoms with Gasteiger partial charge in [0.05, 0.1) is 0 Å². The molecule has 0 heteroatoms. The lowest BCUT2D eigenvalue weighted by Gasteiger charge is -1.96. The summed E-state index contributed by atoms with van der Waals surface area (Å²) < 4.78 is 0. The summed E-state index contributed by atoms with van der Waals surface area (Å²) in [7, 11) is 0. The lowest BCUT2D eigenvalue weighted by atomic mass is 10.1. The molecule has 0 heterocycles. The molecule has 2 aromatic rings. The Morgan fingerprint density at radius 1 is 0.381 bits per heavy atom. The molecule has 0 spiro atoms. The summed E-state index contributed by atoms with van der Waals surface area (Å²) >= 11 is 0. The van der Waals surface area contributed by atoms with Gasteiger partial charge in [-0.1, -0.05) is 109 Å². The van der Waals surface area contributed by atoms with Crippen LogP contribution in [0.2, 0.25) is 0 Å². The first kappa shape index (κ1) is 14.8. The molecule has 0 amide bonds. The molecule has 2 aromatic carbocycles. The fourth-order valence-corrected chi connectivity index (χ4v) is 1.93. The Bertz CT molecular complexity index is 659. The maximum atomic E-state index is 2.14. The van der Waals surface area contributed by atoms with Crippen LogP contribution in [-0.4, -0.2) is 0 Å². The Balaban J connectivity index is 2.58. The smallest absolute Gasteiger partial charge is 0.0184 e. The molecule has 0 N–H and O–H groups in total. The fourth-order valence-electron chi connectivity index (χ4n) is 1.93. The van der Waals surface area contributed by atoms with Crippen LogP contribution in [0.1, 0.15) is 5.56 Å². The van der Waals surface area contributed by atoms with Crippen LogP contribution in [0.15, 0.2) is 103 Å². The second-order valence-electron chi connectivity index (χ2n) is 4.77.